The lowest BCUT2D eigenvalue weighted by molar-refractivity contribution is 0.281. The Balaban J connectivity index is 1.61. The second-order valence-electron chi connectivity index (χ2n) is 7.26. The van der Waals surface area contributed by atoms with Crippen molar-refractivity contribution in [2.75, 3.05) is 6.54 Å². The Hall–Kier alpha value is -2.70. The van der Waals surface area contributed by atoms with E-state index in [-0.39, 0.29) is 6.04 Å². The van der Waals surface area contributed by atoms with Crippen molar-refractivity contribution in [2.24, 2.45) is 0 Å². The molecule has 0 saturated carbocycles. The van der Waals surface area contributed by atoms with Crippen molar-refractivity contribution in [3.8, 4) is 5.88 Å². The zero-order valence-corrected chi connectivity index (χ0v) is 17.2. The molecule has 2 aromatic carbocycles. The largest absolute Gasteiger partial charge is 0.473 e. The normalized spacial score (nSPS) is 17.3. The summed E-state index contributed by atoms with van der Waals surface area (Å²) in [6, 6.07) is 20.4. The highest BCUT2D eigenvalue weighted by atomic mass is 32.2. The van der Waals surface area contributed by atoms with Gasteiger partial charge in [0, 0.05) is 18.3 Å². The highest BCUT2D eigenvalue weighted by Gasteiger charge is 2.37. The van der Waals surface area contributed by atoms with Gasteiger partial charge in [-0.2, -0.15) is 4.31 Å². The number of sulfonamides is 1. The third-order valence-electron chi connectivity index (χ3n) is 5.21. The van der Waals surface area contributed by atoms with Crippen molar-refractivity contribution in [1.82, 2.24) is 9.29 Å². The van der Waals surface area contributed by atoms with Gasteiger partial charge < -0.3 is 4.74 Å². The van der Waals surface area contributed by atoms with Crippen LogP contribution in [0.4, 0.5) is 0 Å². The zero-order valence-electron chi connectivity index (χ0n) is 16.4. The third kappa shape index (κ3) is 4.18. The molecule has 1 aliphatic heterocycles. The Morgan fingerprint density at radius 3 is 2.55 bits per heavy atom. The first-order chi connectivity index (χ1) is 14.1. The van der Waals surface area contributed by atoms with E-state index in [1.807, 2.05) is 61.5 Å². The van der Waals surface area contributed by atoms with Crippen LogP contribution in [0.3, 0.4) is 0 Å². The SMILES string of the molecule is Cc1ccc(S(=O)(=O)N2CCCC2c2cccnc2OCc2ccccc2)cc1. The number of nitrogens with zero attached hydrogens (tertiary/aromatic N) is 2. The van der Waals surface area contributed by atoms with Crippen molar-refractivity contribution in [1.29, 1.82) is 0 Å². The predicted octanol–water partition coefficient (Wildman–Crippen LogP) is 4.49. The van der Waals surface area contributed by atoms with Crippen LogP contribution in [0.15, 0.2) is 77.8 Å². The van der Waals surface area contributed by atoms with E-state index in [0.717, 1.165) is 29.5 Å². The van der Waals surface area contributed by atoms with Crippen LogP contribution in [-0.4, -0.2) is 24.3 Å². The van der Waals surface area contributed by atoms with Crippen molar-refractivity contribution in [3.63, 3.8) is 0 Å². The van der Waals surface area contributed by atoms with Gasteiger partial charge in [-0.1, -0.05) is 54.1 Å². The van der Waals surface area contributed by atoms with Crippen LogP contribution in [0.25, 0.3) is 0 Å². The number of benzene rings is 2. The van der Waals surface area contributed by atoms with Gasteiger partial charge in [0.1, 0.15) is 6.61 Å². The highest BCUT2D eigenvalue weighted by molar-refractivity contribution is 7.89. The molecule has 1 unspecified atom stereocenters. The topological polar surface area (TPSA) is 59.5 Å². The number of aryl methyl sites for hydroxylation is 1. The summed E-state index contributed by atoms with van der Waals surface area (Å²) in [4.78, 5) is 4.72. The Kier molecular flexibility index (Phi) is 5.65. The van der Waals surface area contributed by atoms with Crippen LogP contribution in [0.5, 0.6) is 5.88 Å². The van der Waals surface area contributed by atoms with Crippen LogP contribution in [0, 0.1) is 6.92 Å². The summed E-state index contributed by atoms with van der Waals surface area (Å²) in [6.07, 6.45) is 3.23. The Morgan fingerprint density at radius 2 is 1.79 bits per heavy atom. The van der Waals surface area contributed by atoms with E-state index in [4.69, 9.17) is 4.74 Å². The lowest BCUT2D eigenvalue weighted by atomic mass is 10.1. The lowest BCUT2D eigenvalue weighted by Crippen LogP contribution is -2.31. The summed E-state index contributed by atoms with van der Waals surface area (Å²) in [5.41, 5.74) is 2.89. The molecule has 3 aromatic rings. The van der Waals surface area contributed by atoms with Crippen LogP contribution >= 0.6 is 0 Å². The highest BCUT2D eigenvalue weighted by Crippen LogP contribution is 2.39. The van der Waals surface area contributed by atoms with E-state index in [9.17, 15) is 8.42 Å². The van der Waals surface area contributed by atoms with Crippen LogP contribution in [-0.2, 0) is 16.6 Å². The number of pyridine rings is 1. The maximum absolute atomic E-state index is 13.3. The zero-order chi connectivity index (χ0) is 20.3. The molecule has 1 saturated heterocycles. The number of rotatable bonds is 6. The summed E-state index contributed by atoms with van der Waals surface area (Å²) in [7, 11) is -3.59. The van der Waals surface area contributed by atoms with Gasteiger partial charge in [0.25, 0.3) is 0 Å². The molecule has 1 aromatic heterocycles. The van der Waals surface area contributed by atoms with Crippen LogP contribution in [0.1, 0.15) is 35.6 Å². The van der Waals surface area contributed by atoms with Gasteiger partial charge in [-0.05, 0) is 43.5 Å². The average Bonchev–Trinajstić information content (AvgIpc) is 3.24. The molecule has 0 bridgehead atoms. The fourth-order valence-corrected chi connectivity index (χ4v) is 5.36. The fraction of sp³-hybridized carbons (Fsp3) is 0.261. The fourth-order valence-electron chi connectivity index (χ4n) is 3.69. The minimum Gasteiger partial charge on any atom is -0.473 e. The maximum atomic E-state index is 13.3. The van der Waals surface area contributed by atoms with Gasteiger partial charge in [-0.25, -0.2) is 13.4 Å². The molecule has 29 heavy (non-hydrogen) atoms. The van der Waals surface area contributed by atoms with Crippen molar-refractivity contribution >= 4 is 10.0 Å². The maximum Gasteiger partial charge on any atom is 0.243 e. The van der Waals surface area contributed by atoms with Gasteiger partial charge in [0.05, 0.1) is 10.9 Å². The van der Waals surface area contributed by atoms with Crippen molar-refractivity contribution < 1.29 is 13.2 Å². The van der Waals surface area contributed by atoms with E-state index in [0.29, 0.717) is 23.9 Å². The number of ether oxygens (including phenoxy) is 1. The predicted molar refractivity (Wildman–Crippen MR) is 112 cm³/mol. The van der Waals surface area contributed by atoms with Gasteiger partial charge in [-0.3, -0.25) is 0 Å². The molecule has 0 spiro atoms. The van der Waals surface area contributed by atoms with Crippen LogP contribution in [0.2, 0.25) is 0 Å². The van der Waals surface area contributed by atoms with Crippen LogP contribution < -0.4 is 4.74 Å². The number of aromatic nitrogens is 1. The molecular weight excluding hydrogens is 384 g/mol. The quantitative estimate of drug-likeness (QED) is 0.603. The summed E-state index contributed by atoms with van der Waals surface area (Å²) in [5, 5.41) is 0. The number of hydrogen-bond acceptors (Lipinski definition) is 4. The second kappa shape index (κ2) is 8.35. The number of hydrogen-bond donors (Lipinski definition) is 0. The Bertz CT molecular complexity index is 1070. The monoisotopic (exact) mass is 408 g/mol. The Labute approximate surface area is 172 Å². The second-order valence-corrected chi connectivity index (χ2v) is 9.15. The lowest BCUT2D eigenvalue weighted by Gasteiger charge is -2.25. The summed E-state index contributed by atoms with van der Waals surface area (Å²) in [6.45, 7) is 2.83. The molecule has 2 heterocycles. The smallest absolute Gasteiger partial charge is 0.243 e. The molecule has 1 aliphatic rings. The van der Waals surface area contributed by atoms with Gasteiger partial charge in [0.2, 0.25) is 15.9 Å². The molecule has 1 fully saturated rings. The third-order valence-corrected chi connectivity index (χ3v) is 7.13. The standard InChI is InChI=1S/C23H24N2O3S/c1-18-11-13-20(14-12-18)29(26,27)25-16-6-10-22(25)21-9-5-15-24-23(21)28-17-19-7-3-2-4-8-19/h2-5,7-9,11-15,22H,6,10,16-17H2,1H3. The van der Waals surface area contributed by atoms with E-state index >= 15 is 0 Å². The van der Waals surface area contributed by atoms with E-state index in [1.54, 1.807) is 22.6 Å². The first-order valence-electron chi connectivity index (χ1n) is 9.76. The summed E-state index contributed by atoms with van der Waals surface area (Å²) in [5.74, 6) is 0.493. The molecule has 4 rings (SSSR count). The van der Waals surface area contributed by atoms with Crippen molar-refractivity contribution in [2.45, 2.75) is 37.3 Å². The first kappa shape index (κ1) is 19.6. The minimum absolute atomic E-state index is 0.277. The minimum atomic E-state index is -3.59. The van der Waals surface area contributed by atoms with Gasteiger partial charge in [0.15, 0.2) is 0 Å². The van der Waals surface area contributed by atoms with Gasteiger partial charge in [-0.15, -0.1) is 0 Å². The van der Waals surface area contributed by atoms with Crippen molar-refractivity contribution in [3.05, 3.63) is 89.6 Å². The Morgan fingerprint density at radius 1 is 1.03 bits per heavy atom. The van der Waals surface area contributed by atoms with E-state index in [2.05, 4.69) is 4.98 Å². The first-order valence-corrected chi connectivity index (χ1v) is 11.2. The summed E-state index contributed by atoms with van der Waals surface area (Å²) < 4.78 is 34.1. The molecule has 0 N–H and O–H groups in total. The van der Waals surface area contributed by atoms with Gasteiger partial charge >= 0.3 is 0 Å². The van der Waals surface area contributed by atoms with E-state index in [1.165, 1.54) is 0 Å². The summed E-state index contributed by atoms with van der Waals surface area (Å²) >= 11 is 0. The molecule has 150 valence electrons. The molecule has 0 radical (unpaired) electrons. The molecule has 6 heteroatoms. The molecule has 1 atom stereocenters. The molecule has 0 aliphatic carbocycles. The molecular formula is C23H24N2O3S. The molecule has 5 nitrogen and oxygen atoms in total. The van der Waals surface area contributed by atoms with E-state index < -0.39 is 10.0 Å². The molecule has 0 amide bonds. The average molecular weight is 409 g/mol.